The Kier molecular flexibility index (Phi) is 4.85. The van der Waals surface area contributed by atoms with Gasteiger partial charge in [0.05, 0.1) is 0 Å². The van der Waals surface area contributed by atoms with Crippen LogP contribution in [0.4, 0.5) is 5.13 Å². The number of pyridine rings is 1. The second kappa shape index (κ2) is 7.04. The van der Waals surface area contributed by atoms with Crippen molar-refractivity contribution in [1.82, 2.24) is 15.2 Å². The van der Waals surface area contributed by atoms with Crippen molar-refractivity contribution in [3.05, 3.63) is 68.9 Å². The number of carbonyl (C=O) groups is 1. The highest BCUT2D eigenvalue weighted by atomic mass is 35.5. The Morgan fingerprint density at radius 3 is 2.57 bits per heavy atom. The number of carbonyl (C=O) groups excluding carboxylic acids is 1. The van der Waals surface area contributed by atoms with Crippen LogP contribution < -0.4 is 5.32 Å². The molecule has 1 aromatic carbocycles. The molecule has 2 heterocycles. The fourth-order valence-electron chi connectivity index (χ4n) is 1.83. The Morgan fingerprint density at radius 2 is 1.87 bits per heavy atom. The highest BCUT2D eigenvalue weighted by Gasteiger charge is 2.10. The summed E-state index contributed by atoms with van der Waals surface area (Å²) in [6.45, 7) is 0. The zero-order valence-electron chi connectivity index (χ0n) is 11.7. The summed E-state index contributed by atoms with van der Waals surface area (Å²) in [5.74, 6) is -0.252. The molecule has 0 aliphatic rings. The van der Waals surface area contributed by atoms with E-state index >= 15 is 0 Å². The van der Waals surface area contributed by atoms with Gasteiger partial charge in [-0.2, -0.15) is 0 Å². The van der Waals surface area contributed by atoms with Crippen molar-refractivity contribution in [3.8, 4) is 0 Å². The first-order chi connectivity index (χ1) is 11.1. The van der Waals surface area contributed by atoms with Crippen LogP contribution in [0, 0.1) is 0 Å². The summed E-state index contributed by atoms with van der Waals surface area (Å²) in [5, 5.41) is 13.0. The maximum Gasteiger partial charge on any atom is 0.257 e. The van der Waals surface area contributed by atoms with Crippen molar-refractivity contribution in [2.45, 2.75) is 6.42 Å². The van der Waals surface area contributed by atoms with Gasteiger partial charge in [-0.1, -0.05) is 40.6 Å². The van der Waals surface area contributed by atoms with Gasteiger partial charge >= 0.3 is 0 Å². The molecular formula is C15H10Cl2N4OS. The van der Waals surface area contributed by atoms with E-state index < -0.39 is 0 Å². The number of aromatic nitrogens is 3. The number of nitrogens with one attached hydrogen (secondary N) is 1. The highest BCUT2D eigenvalue weighted by Crippen LogP contribution is 2.20. The molecule has 0 spiro atoms. The van der Waals surface area contributed by atoms with Gasteiger partial charge in [-0.25, -0.2) is 4.98 Å². The molecule has 2 aromatic heterocycles. The summed E-state index contributed by atoms with van der Waals surface area (Å²) in [7, 11) is 0. The Morgan fingerprint density at radius 1 is 1.09 bits per heavy atom. The molecule has 0 unspecified atom stereocenters. The van der Waals surface area contributed by atoms with Crippen molar-refractivity contribution in [2.75, 3.05) is 5.32 Å². The van der Waals surface area contributed by atoms with Crippen LogP contribution in [-0.4, -0.2) is 21.1 Å². The van der Waals surface area contributed by atoms with Crippen LogP contribution in [0.1, 0.15) is 20.9 Å². The van der Waals surface area contributed by atoms with Gasteiger partial charge < -0.3 is 0 Å². The third-order valence-electron chi connectivity index (χ3n) is 2.94. The van der Waals surface area contributed by atoms with Crippen molar-refractivity contribution in [2.24, 2.45) is 0 Å². The topological polar surface area (TPSA) is 67.8 Å². The van der Waals surface area contributed by atoms with E-state index in [4.69, 9.17) is 23.2 Å². The van der Waals surface area contributed by atoms with Crippen LogP contribution in [0.5, 0.6) is 0 Å². The molecule has 0 aliphatic carbocycles. The van der Waals surface area contributed by atoms with Crippen LogP contribution in [0.2, 0.25) is 10.2 Å². The SMILES string of the molecule is O=C(Nc1nnc(Cc2ccc(Cl)nc2)s1)c1ccc(Cl)cc1. The predicted octanol–water partition coefficient (Wildman–Crippen LogP) is 4.08. The number of amides is 1. The average molecular weight is 365 g/mol. The summed E-state index contributed by atoms with van der Waals surface area (Å²) in [6.07, 6.45) is 2.27. The molecule has 0 radical (unpaired) electrons. The number of halogens is 2. The summed E-state index contributed by atoms with van der Waals surface area (Å²) < 4.78 is 0. The van der Waals surface area contributed by atoms with Gasteiger partial charge in [0, 0.05) is 23.2 Å². The summed E-state index contributed by atoms with van der Waals surface area (Å²) in [5.41, 5.74) is 1.48. The second-order valence-corrected chi connectivity index (χ2v) is 6.51. The van der Waals surface area contributed by atoms with E-state index in [9.17, 15) is 4.79 Å². The lowest BCUT2D eigenvalue weighted by Crippen LogP contribution is -2.11. The van der Waals surface area contributed by atoms with E-state index in [2.05, 4.69) is 20.5 Å². The van der Waals surface area contributed by atoms with E-state index in [1.165, 1.54) is 11.3 Å². The minimum Gasteiger partial charge on any atom is -0.296 e. The maximum absolute atomic E-state index is 12.1. The second-order valence-electron chi connectivity index (χ2n) is 4.63. The summed E-state index contributed by atoms with van der Waals surface area (Å²) in [4.78, 5) is 16.1. The third kappa shape index (κ3) is 4.25. The lowest BCUT2D eigenvalue weighted by molar-refractivity contribution is 0.102. The molecule has 23 heavy (non-hydrogen) atoms. The highest BCUT2D eigenvalue weighted by molar-refractivity contribution is 7.15. The van der Waals surface area contributed by atoms with Crippen LogP contribution in [0.25, 0.3) is 0 Å². The van der Waals surface area contributed by atoms with Crippen molar-refractivity contribution >= 4 is 45.6 Å². The fraction of sp³-hybridized carbons (Fsp3) is 0.0667. The molecular weight excluding hydrogens is 355 g/mol. The van der Waals surface area contributed by atoms with Crippen LogP contribution in [0.15, 0.2) is 42.6 Å². The van der Waals surface area contributed by atoms with Gasteiger partial charge in [0.2, 0.25) is 5.13 Å². The van der Waals surface area contributed by atoms with Gasteiger partial charge in [0.1, 0.15) is 10.2 Å². The first kappa shape index (κ1) is 15.9. The molecule has 1 N–H and O–H groups in total. The van der Waals surface area contributed by atoms with Gasteiger partial charge in [-0.05, 0) is 35.9 Å². The van der Waals surface area contributed by atoms with Crippen LogP contribution in [0.3, 0.4) is 0 Å². The molecule has 0 saturated heterocycles. The van der Waals surface area contributed by atoms with E-state index in [1.807, 2.05) is 6.07 Å². The molecule has 0 bridgehead atoms. The molecule has 0 fully saturated rings. The monoisotopic (exact) mass is 364 g/mol. The standard InChI is InChI=1S/C15H10Cl2N4OS/c16-11-4-2-10(3-5-11)14(22)19-15-21-20-13(23-15)7-9-1-6-12(17)18-8-9/h1-6,8H,7H2,(H,19,21,22). The molecule has 1 amide bonds. The first-order valence-electron chi connectivity index (χ1n) is 6.60. The van der Waals surface area contributed by atoms with E-state index in [1.54, 1.807) is 36.5 Å². The van der Waals surface area contributed by atoms with Crippen molar-refractivity contribution in [1.29, 1.82) is 0 Å². The predicted molar refractivity (Wildman–Crippen MR) is 91.4 cm³/mol. The number of hydrogen-bond donors (Lipinski definition) is 1. The van der Waals surface area contributed by atoms with Crippen LogP contribution >= 0.6 is 34.5 Å². The van der Waals surface area contributed by atoms with E-state index in [-0.39, 0.29) is 5.91 Å². The first-order valence-corrected chi connectivity index (χ1v) is 8.17. The lowest BCUT2D eigenvalue weighted by atomic mass is 10.2. The minimum atomic E-state index is -0.252. The molecule has 8 heteroatoms. The smallest absolute Gasteiger partial charge is 0.257 e. The minimum absolute atomic E-state index is 0.252. The summed E-state index contributed by atoms with van der Waals surface area (Å²) in [6, 6.07) is 10.2. The fourth-order valence-corrected chi connectivity index (χ4v) is 2.84. The van der Waals surface area contributed by atoms with E-state index in [0.29, 0.717) is 27.3 Å². The number of benzene rings is 1. The molecule has 0 aliphatic heterocycles. The van der Waals surface area contributed by atoms with Gasteiger partial charge in [-0.3, -0.25) is 10.1 Å². The van der Waals surface area contributed by atoms with Gasteiger partial charge in [0.15, 0.2) is 0 Å². The summed E-state index contributed by atoms with van der Waals surface area (Å²) >= 11 is 12.9. The molecule has 116 valence electrons. The zero-order chi connectivity index (χ0) is 16.2. The Bertz CT molecular complexity index is 818. The normalized spacial score (nSPS) is 10.5. The number of anilines is 1. The maximum atomic E-state index is 12.1. The number of nitrogens with zero attached hydrogens (tertiary/aromatic N) is 3. The zero-order valence-corrected chi connectivity index (χ0v) is 14.0. The van der Waals surface area contributed by atoms with Gasteiger partial charge in [0.25, 0.3) is 5.91 Å². The largest absolute Gasteiger partial charge is 0.296 e. The van der Waals surface area contributed by atoms with Crippen molar-refractivity contribution in [3.63, 3.8) is 0 Å². The lowest BCUT2D eigenvalue weighted by Gasteiger charge is -2.00. The third-order valence-corrected chi connectivity index (χ3v) is 4.25. The Labute approximate surface area is 146 Å². The molecule has 0 atom stereocenters. The van der Waals surface area contributed by atoms with E-state index in [0.717, 1.165) is 10.6 Å². The number of rotatable bonds is 4. The number of hydrogen-bond acceptors (Lipinski definition) is 5. The quantitative estimate of drug-likeness (QED) is 0.708. The average Bonchev–Trinajstić information content (AvgIpc) is 2.97. The van der Waals surface area contributed by atoms with Crippen LogP contribution in [-0.2, 0) is 6.42 Å². The molecule has 3 aromatic rings. The molecule has 3 rings (SSSR count). The van der Waals surface area contributed by atoms with Crippen molar-refractivity contribution < 1.29 is 4.79 Å². The molecule has 0 saturated carbocycles. The Hall–Kier alpha value is -2.02. The van der Waals surface area contributed by atoms with Gasteiger partial charge in [-0.15, -0.1) is 10.2 Å². The Balaban J connectivity index is 1.66. The molecule has 5 nitrogen and oxygen atoms in total.